The Balaban J connectivity index is 1.95. The molecule has 2 heterocycles. The van der Waals surface area contributed by atoms with Crippen LogP contribution in [0.5, 0.6) is 0 Å². The van der Waals surface area contributed by atoms with Crippen LogP contribution in [0.1, 0.15) is 11.8 Å². The van der Waals surface area contributed by atoms with E-state index >= 15 is 0 Å². The molecule has 2 nitrogen and oxygen atoms in total. The topological polar surface area (TPSA) is 15.3 Å². The first kappa shape index (κ1) is 10.6. The first-order chi connectivity index (χ1) is 6.75. The van der Waals surface area contributed by atoms with Gasteiger partial charge in [0.2, 0.25) is 0 Å². The number of rotatable bonds is 2. The highest BCUT2D eigenvalue weighted by Gasteiger charge is 2.18. The molecule has 0 aliphatic carbocycles. The van der Waals surface area contributed by atoms with Gasteiger partial charge < -0.3 is 5.32 Å². The molecule has 0 spiro atoms. The van der Waals surface area contributed by atoms with Crippen molar-refractivity contribution in [3.8, 4) is 0 Å². The van der Waals surface area contributed by atoms with Crippen LogP contribution in [0.4, 0.5) is 0 Å². The van der Waals surface area contributed by atoms with E-state index in [-0.39, 0.29) is 0 Å². The van der Waals surface area contributed by atoms with E-state index in [1.54, 1.807) is 0 Å². The Morgan fingerprint density at radius 1 is 1.71 bits per heavy atom. The number of halogens is 1. The molecule has 1 fully saturated rings. The Hall–Kier alpha value is 0.1000. The van der Waals surface area contributed by atoms with E-state index in [9.17, 15) is 0 Å². The molecule has 14 heavy (non-hydrogen) atoms. The summed E-state index contributed by atoms with van der Waals surface area (Å²) >= 11 is 5.33. The van der Waals surface area contributed by atoms with Crippen LogP contribution < -0.4 is 5.32 Å². The third kappa shape index (κ3) is 2.57. The monoisotopic (exact) mass is 274 g/mol. The molecule has 2 rings (SSSR count). The number of hydrogen-bond donors (Lipinski definition) is 1. The lowest BCUT2D eigenvalue weighted by Gasteiger charge is -2.33. The highest BCUT2D eigenvalue weighted by Crippen LogP contribution is 2.22. The fraction of sp³-hybridized carbons (Fsp3) is 0.600. The number of hydrogen-bond acceptors (Lipinski definition) is 3. The van der Waals surface area contributed by atoms with Crippen LogP contribution >= 0.6 is 27.3 Å². The fourth-order valence-electron chi connectivity index (χ4n) is 1.75. The average Bonchev–Trinajstić information content (AvgIpc) is 2.56. The standard InChI is InChI=1S/C10H15BrN2S/c1-8-5-12-2-3-13(8)6-10-4-9(11)7-14-10/h4,7-8,12H,2-3,5-6H2,1H3/t8-/m0/s1. The van der Waals surface area contributed by atoms with E-state index in [4.69, 9.17) is 0 Å². The Bertz CT molecular complexity index is 300. The van der Waals surface area contributed by atoms with Crippen molar-refractivity contribution in [1.29, 1.82) is 0 Å². The van der Waals surface area contributed by atoms with Crippen LogP contribution in [0.3, 0.4) is 0 Å². The Labute approximate surface area is 97.4 Å². The summed E-state index contributed by atoms with van der Waals surface area (Å²) < 4.78 is 1.21. The zero-order valence-corrected chi connectivity index (χ0v) is 10.7. The van der Waals surface area contributed by atoms with Gasteiger partial charge in [0.1, 0.15) is 0 Å². The molecule has 1 aromatic rings. The van der Waals surface area contributed by atoms with Crippen LogP contribution in [0.15, 0.2) is 15.9 Å². The van der Waals surface area contributed by atoms with E-state index in [1.807, 2.05) is 11.3 Å². The van der Waals surface area contributed by atoms with E-state index < -0.39 is 0 Å². The molecule has 1 atom stereocenters. The summed E-state index contributed by atoms with van der Waals surface area (Å²) in [5, 5.41) is 5.56. The molecule has 0 unspecified atom stereocenters. The van der Waals surface area contributed by atoms with Gasteiger partial charge in [0, 0.05) is 47.0 Å². The van der Waals surface area contributed by atoms with Gasteiger partial charge in [-0.15, -0.1) is 11.3 Å². The van der Waals surface area contributed by atoms with Gasteiger partial charge in [0.05, 0.1) is 0 Å². The van der Waals surface area contributed by atoms with Crippen LogP contribution in [0.2, 0.25) is 0 Å². The maximum atomic E-state index is 3.49. The molecule has 78 valence electrons. The minimum absolute atomic E-state index is 0.657. The van der Waals surface area contributed by atoms with Crippen molar-refractivity contribution in [2.24, 2.45) is 0 Å². The molecule has 1 saturated heterocycles. The predicted molar refractivity (Wildman–Crippen MR) is 64.8 cm³/mol. The molecular formula is C10H15BrN2S. The average molecular weight is 275 g/mol. The van der Waals surface area contributed by atoms with Crippen LogP contribution in [-0.2, 0) is 6.54 Å². The van der Waals surface area contributed by atoms with Gasteiger partial charge in [0.25, 0.3) is 0 Å². The normalized spacial score (nSPS) is 24.0. The van der Waals surface area contributed by atoms with Crippen LogP contribution in [-0.4, -0.2) is 30.6 Å². The molecule has 0 bridgehead atoms. The lowest BCUT2D eigenvalue weighted by molar-refractivity contribution is 0.167. The quantitative estimate of drug-likeness (QED) is 0.891. The largest absolute Gasteiger partial charge is 0.314 e. The first-order valence-electron chi connectivity index (χ1n) is 4.93. The van der Waals surface area contributed by atoms with Crippen LogP contribution in [0, 0.1) is 0 Å². The van der Waals surface area contributed by atoms with E-state index in [0.29, 0.717) is 6.04 Å². The van der Waals surface area contributed by atoms with E-state index in [2.05, 4.69) is 44.5 Å². The van der Waals surface area contributed by atoms with Crippen molar-refractivity contribution < 1.29 is 0 Å². The molecule has 1 aliphatic heterocycles. The molecule has 0 aromatic carbocycles. The summed E-state index contributed by atoms with van der Waals surface area (Å²) in [6, 6.07) is 2.88. The molecular weight excluding hydrogens is 260 g/mol. The molecule has 0 amide bonds. The molecule has 0 saturated carbocycles. The third-order valence-corrected chi connectivity index (χ3v) is 4.30. The minimum atomic E-state index is 0.657. The summed E-state index contributed by atoms with van der Waals surface area (Å²) in [6.07, 6.45) is 0. The highest BCUT2D eigenvalue weighted by molar-refractivity contribution is 9.10. The lowest BCUT2D eigenvalue weighted by atomic mass is 10.2. The van der Waals surface area contributed by atoms with Crippen molar-refractivity contribution in [3.05, 3.63) is 20.8 Å². The third-order valence-electron chi connectivity index (χ3n) is 2.62. The Morgan fingerprint density at radius 2 is 2.57 bits per heavy atom. The van der Waals surface area contributed by atoms with Gasteiger partial charge in [-0.05, 0) is 28.9 Å². The van der Waals surface area contributed by atoms with Gasteiger partial charge in [0.15, 0.2) is 0 Å². The lowest BCUT2D eigenvalue weighted by Crippen LogP contribution is -2.49. The number of nitrogens with one attached hydrogen (secondary N) is 1. The molecule has 1 aliphatic rings. The smallest absolute Gasteiger partial charge is 0.0332 e. The van der Waals surface area contributed by atoms with E-state index in [0.717, 1.165) is 26.2 Å². The summed E-state index contributed by atoms with van der Waals surface area (Å²) in [6.45, 7) is 6.79. The summed E-state index contributed by atoms with van der Waals surface area (Å²) in [5.41, 5.74) is 0. The van der Waals surface area contributed by atoms with Crippen molar-refractivity contribution in [2.45, 2.75) is 19.5 Å². The molecule has 1 aromatic heterocycles. The maximum Gasteiger partial charge on any atom is 0.0332 e. The van der Waals surface area contributed by atoms with Gasteiger partial charge in [-0.1, -0.05) is 0 Å². The van der Waals surface area contributed by atoms with Gasteiger partial charge in [-0.2, -0.15) is 0 Å². The summed E-state index contributed by atoms with van der Waals surface area (Å²) in [7, 11) is 0. The van der Waals surface area contributed by atoms with Crippen LogP contribution in [0.25, 0.3) is 0 Å². The zero-order valence-electron chi connectivity index (χ0n) is 8.29. The second-order valence-corrected chi connectivity index (χ2v) is 5.67. The molecule has 1 N–H and O–H groups in total. The Morgan fingerprint density at radius 3 is 3.21 bits per heavy atom. The van der Waals surface area contributed by atoms with E-state index in [1.165, 1.54) is 9.35 Å². The molecule has 4 heteroatoms. The zero-order chi connectivity index (χ0) is 9.97. The first-order valence-corrected chi connectivity index (χ1v) is 6.60. The van der Waals surface area contributed by atoms with Gasteiger partial charge >= 0.3 is 0 Å². The SMILES string of the molecule is C[C@H]1CNCCN1Cc1cc(Br)cs1. The van der Waals surface area contributed by atoms with Crippen molar-refractivity contribution in [1.82, 2.24) is 10.2 Å². The number of nitrogens with zero attached hydrogens (tertiary/aromatic N) is 1. The fourth-order valence-corrected chi connectivity index (χ4v) is 3.23. The highest BCUT2D eigenvalue weighted by atomic mass is 79.9. The summed E-state index contributed by atoms with van der Waals surface area (Å²) in [4.78, 5) is 3.99. The second-order valence-electron chi connectivity index (χ2n) is 3.75. The number of thiophene rings is 1. The maximum absolute atomic E-state index is 3.49. The molecule has 0 radical (unpaired) electrons. The van der Waals surface area contributed by atoms with Gasteiger partial charge in [-0.25, -0.2) is 0 Å². The van der Waals surface area contributed by atoms with Gasteiger partial charge in [-0.3, -0.25) is 4.90 Å². The second kappa shape index (κ2) is 4.75. The van der Waals surface area contributed by atoms with Crippen molar-refractivity contribution in [3.63, 3.8) is 0 Å². The summed E-state index contributed by atoms with van der Waals surface area (Å²) in [5.74, 6) is 0. The number of piperazine rings is 1. The Kier molecular flexibility index (Phi) is 3.60. The predicted octanol–water partition coefficient (Wildman–Crippen LogP) is 2.30. The van der Waals surface area contributed by atoms with Crippen molar-refractivity contribution in [2.75, 3.05) is 19.6 Å². The minimum Gasteiger partial charge on any atom is -0.314 e. The van der Waals surface area contributed by atoms with Crippen molar-refractivity contribution >= 4 is 27.3 Å².